The van der Waals surface area contributed by atoms with Crippen molar-refractivity contribution < 1.29 is 9.37 Å². The van der Waals surface area contributed by atoms with Crippen LogP contribution in [0, 0.1) is 0 Å². The molecule has 5 rings (SSSR count). The molecule has 0 radical (unpaired) electrons. The Morgan fingerprint density at radius 2 is 1.55 bits per heavy atom. The van der Waals surface area contributed by atoms with Gasteiger partial charge in [-0.1, -0.05) is 74.5 Å². The highest BCUT2D eigenvalue weighted by Crippen LogP contribution is 2.48. The van der Waals surface area contributed by atoms with E-state index >= 15 is 0 Å². The third-order valence-corrected chi connectivity index (χ3v) is 8.24. The number of likely N-dealkylation sites (N-methyl/N-ethyl adjacent to an activating group) is 2. The standard InChI is InChI=1S/C32H33N2O.C3H10N2/c1-31(2)25-11-7-9-13-27(25)33(5)29(31)19-24(23-17-15-22(21-35)16-18-23)20-30-32(3,4)26-12-8-10-14-28(26)34(30)6;1-5-3-2-4/h7-21H,1-6H3;5H,2-4H2,1H3/q+1;. The first-order valence-electron chi connectivity index (χ1n) is 14.0. The molecular formula is C35H43N4O+. The van der Waals surface area contributed by atoms with Crippen LogP contribution in [0.5, 0.6) is 0 Å². The Bertz CT molecular complexity index is 1470. The van der Waals surface area contributed by atoms with Gasteiger partial charge in [0, 0.05) is 60.2 Å². The SMILES string of the molecule is CN1/C(=C\C(=C\C2=[N+](C)c3ccccc3C2(C)C)c2ccc(C=O)cc2)C(C)(C)c2ccccc21.CNCCN. The number of hydrogen-bond acceptors (Lipinski definition) is 4. The second-order valence-corrected chi connectivity index (χ2v) is 11.5. The number of carbonyl (C=O) groups is 1. The molecule has 3 N–H and O–H groups in total. The zero-order chi connectivity index (χ0) is 29.1. The molecule has 0 amide bonds. The number of benzene rings is 3. The van der Waals surface area contributed by atoms with Crippen molar-refractivity contribution in [2.24, 2.45) is 5.73 Å². The maximum absolute atomic E-state index is 11.3. The van der Waals surface area contributed by atoms with E-state index in [9.17, 15) is 4.79 Å². The summed E-state index contributed by atoms with van der Waals surface area (Å²) in [7, 11) is 6.19. The van der Waals surface area contributed by atoms with Crippen LogP contribution < -0.4 is 16.0 Å². The van der Waals surface area contributed by atoms with Gasteiger partial charge in [0.2, 0.25) is 5.69 Å². The number of para-hydroxylation sites is 2. The summed E-state index contributed by atoms with van der Waals surface area (Å²) in [6.45, 7) is 10.8. The van der Waals surface area contributed by atoms with E-state index in [0.717, 1.165) is 30.5 Å². The number of allylic oxidation sites excluding steroid dienone is 4. The third kappa shape index (κ3) is 5.32. The first-order valence-corrected chi connectivity index (χ1v) is 14.0. The minimum absolute atomic E-state index is 0.127. The van der Waals surface area contributed by atoms with Gasteiger partial charge in [0.25, 0.3) is 0 Å². The Morgan fingerprint density at radius 3 is 2.10 bits per heavy atom. The number of carbonyl (C=O) groups excluding carboxylic acids is 1. The van der Waals surface area contributed by atoms with E-state index in [1.165, 1.54) is 33.9 Å². The summed E-state index contributed by atoms with van der Waals surface area (Å²) in [4.78, 5) is 13.6. The molecule has 0 saturated heterocycles. The molecule has 0 unspecified atom stereocenters. The second kappa shape index (κ2) is 11.7. The molecule has 0 fully saturated rings. The predicted molar refractivity (Wildman–Crippen MR) is 169 cm³/mol. The summed E-state index contributed by atoms with van der Waals surface area (Å²) in [6.07, 6.45) is 5.56. The molecule has 208 valence electrons. The maximum Gasteiger partial charge on any atom is 0.209 e. The highest BCUT2D eigenvalue weighted by molar-refractivity contribution is 6.08. The summed E-state index contributed by atoms with van der Waals surface area (Å²) in [5.41, 5.74) is 15.4. The van der Waals surface area contributed by atoms with E-state index in [0.29, 0.717) is 5.56 Å². The van der Waals surface area contributed by atoms with Crippen LogP contribution in [0.25, 0.3) is 5.57 Å². The van der Waals surface area contributed by atoms with Crippen molar-refractivity contribution in [2.75, 3.05) is 39.1 Å². The quantitative estimate of drug-likeness (QED) is 0.297. The van der Waals surface area contributed by atoms with E-state index in [1.54, 1.807) is 0 Å². The van der Waals surface area contributed by atoms with Crippen molar-refractivity contribution in [3.63, 3.8) is 0 Å². The average molecular weight is 536 g/mol. The van der Waals surface area contributed by atoms with E-state index in [4.69, 9.17) is 5.73 Å². The second-order valence-electron chi connectivity index (χ2n) is 11.5. The fraction of sp³-hybridized carbons (Fsp3) is 0.314. The van der Waals surface area contributed by atoms with Crippen LogP contribution in [0.1, 0.15) is 54.7 Å². The number of rotatable bonds is 6. The minimum Gasteiger partial charge on any atom is -0.347 e. The molecular weight excluding hydrogens is 492 g/mol. The van der Waals surface area contributed by atoms with Crippen molar-refractivity contribution in [1.82, 2.24) is 5.32 Å². The first-order chi connectivity index (χ1) is 19.1. The van der Waals surface area contributed by atoms with Crippen LogP contribution >= 0.6 is 0 Å². The van der Waals surface area contributed by atoms with E-state index in [2.05, 4.69) is 129 Å². The fourth-order valence-corrected chi connectivity index (χ4v) is 5.92. The molecule has 2 heterocycles. The summed E-state index contributed by atoms with van der Waals surface area (Å²) >= 11 is 0. The Kier molecular flexibility index (Phi) is 8.57. The zero-order valence-corrected chi connectivity index (χ0v) is 25.0. The monoisotopic (exact) mass is 535 g/mol. The van der Waals surface area contributed by atoms with Gasteiger partial charge < -0.3 is 16.0 Å². The molecule has 0 aromatic heterocycles. The lowest BCUT2D eigenvalue weighted by molar-refractivity contribution is -0.401. The third-order valence-electron chi connectivity index (χ3n) is 8.24. The van der Waals surface area contributed by atoms with Crippen molar-refractivity contribution in [1.29, 1.82) is 0 Å². The molecule has 0 spiro atoms. The molecule has 5 nitrogen and oxygen atoms in total. The molecule has 0 saturated carbocycles. The van der Waals surface area contributed by atoms with Crippen molar-refractivity contribution in [3.8, 4) is 0 Å². The van der Waals surface area contributed by atoms with E-state index in [-0.39, 0.29) is 10.8 Å². The van der Waals surface area contributed by atoms with E-state index < -0.39 is 0 Å². The number of aldehydes is 1. The average Bonchev–Trinajstić information content (AvgIpc) is 3.27. The maximum atomic E-state index is 11.3. The summed E-state index contributed by atoms with van der Waals surface area (Å²) in [5.74, 6) is 0. The van der Waals surface area contributed by atoms with E-state index in [1.807, 2.05) is 19.2 Å². The highest BCUT2D eigenvalue weighted by Gasteiger charge is 2.43. The number of nitrogens with zero attached hydrogens (tertiary/aromatic N) is 2. The molecule has 5 heteroatoms. The highest BCUT2D eigenvalue weighted by atomic mass is 16.1. The van der Waals surface area contributed by atoms with Gasteiger partial charge in [0.15, 0.2) is 5.71 Å². The normalized spacial score (nSPS) is 17.9. The molecule has 2 aliphatic heterocycles. The summed E-state index contributed by atoms with van der Waals surface area (Å²) < 4.78 is 2.31. The van der Waals surface area contributed by atoms with Crippen LogP contribution in [0.4, 0.5) is 11.4 Å². The number of hydrogen-bond donors (Lipinski definition) is 2. The first kappa shape index (κ1) is 29.2. The lowest BCUT2D eigenvalue weighted by Gasteiger charge is -2.25. The molecule has 2 aliphatic rings. The van der Waals surface area contributed by atoms with Crippen molar-refractivity contribution in [2.45, 2.75) is 38.5 Å². The lowest BCUT2D eigenvalue weighted by Crippen LogP contribution is -2.27. The molecule has 0 aliphatic carbocycles. The Hall–Kier alpha value is -3.80. The molecule has 0 bridgehead atoms. The Labute approximate surface area is 239 Å². The van der Waals surface area contributed by atoms with Crippen LogP contribution in [0.2, 0.25) is 0 Å². The minimum atomic E-state index is -0.127. The number of nitrogens with one attached hydrogen (secondary N) is 1. The number of anilines is 1. The summed E-state index contributed by atoms with van der Waals surface area (Å²) in [5, 5.41) is 2.89. The predicted octanol–water partition coefficient (Wildman–Crippen LogP) is 6.06. The largest absolute Gasteiger partial charge is 0.347 e. The van der Waals surface area contributed by atoms with Gasteiger partial charge in [0.1, 0.15) is 13.3 Å². The van der Waals surface area contributed by atoms with Gasteiger partial charge in [-0.05, 0) is 49.7 Å². The topological polar surface area (TPSA) is 61.4 Å². The molecule has 3 aromatic rings. The zero-order valence-electron chi connectivity index (χ0n) is 25.0. The lowest BCUT2D eigenvalue weighted by atomic mass is 9.80. The summed E-state index contributed by atoms with van der Waals surface area (Å²) in [6, 6.07) is 25.2. The molecule has 0 atom stereocenters. The van der Waals surface area contributed by atoms with Gasteiger partial charge >= 0.3 is 0 Å². The molecule has 40 heavy (non-hydrogen) atoms. The van der Waals surface area contributed by atoms with Crippen LogP contribution in [-0.4, -0.2) is 50.8 Å². The Morgan fingerprint density at radius 1 is 0.925 bits per heavy atom. The van der Waals surface area contributed by atoms with Crippen LogP contribution in [0.15, 0.2) is 90.6 Å². The van der Waals surface area contributed by atoms with Crippen LogP contribution in [-0.2, 0) is 10.8 Å². The van der Waals surface area contributed by atoms with Gasteiger partial charge in [-0.2, -0.15) is 4.58 Å². The number of fused-ring (bicyclic) bond motifs is 2. The smallest absolute Gasteiger partial charge is 0.209 e. The van der Waals surface area contributed by atoms with Crippen LogP contribution in [0.3, 0.4) is 0 Å². The van der Waals surface area contributed by atoms with Crippen molar-refractivity contribution >= 4 is 28.9 Å². The fourth-order valence-electron chi connectivity index (χ4n) is 5.92. The van der Waals surface area contributed by atoms with Gasteiger partial charge in [-0.25, -0.2) is 0 Å². The Balaban J connectivity index is 0.000000681. The van der Waals surface area contributed by atoms with Gasteiger partial charge in [-0.3, -0.25) is 4.79 Å². The number of nitrogens with two attached hydrogens (primary N) is 1. The van der Waals surface area contributed by atoms with Gasteiger partial charge in [0.05, 0.1) is 5.41 Å². The van der Waals surface area contributed by atoms with Crippen molar-refractivity contribution in [3.05, 3.63) is 113 Å². The van der Waals surface area contributed by atoms with Gasteiger partial charge in [-0.15, -0.1) is 0 Å². The molecule has 3 aromatic carbocycles.